The highest BCUT2D eigenvalue weighted by Crippen LogP contribution is 2.09. The summed E-state index contributed by atoms with van der Waals surface area (Å²) in [5.41, 5.74) is 0.431. The van der Waals surface area contributed by atoms with Crippen molar-refractivity contribution in [2.24, 2.45) is 0 Å². The Hall–Kier alpha value is -0.830. The van der Waals surface area contributed by atoms with Crippen molar-refractivity contribution in [3.63, 3.8) is 0 Å². The molecule has 0 aromatic carbocycles. The smallest absolute Gasteiger partial charge is 0.333 e. The van der Waals surface area contributed by atoms with E-state index < -0.39 is 0 Å². The third-order valence-corrected chi connectivity index (χ3v) is 1.15. The van der Waals surface area contributed by atoms with Crippen molar-refractivity contribution >= 4 is 5.97 Å². The van der Waals surface area contributed by atoms with Crippen molar-refractivity contribution in [2.75, 3.05) is 13.2 Å². The van der Waals surface area contributed by atoms with Gasteiger partial charge in [-0.15, -0.1) is 0 Å². The molecule has 1 atom stereocenters. The Morgan fingerprint density at radius 1 is 1.91 bits per heavy atom. The third kappa shape index (κ3) is 3.78. The van der Waals surface area contributed by atoms with Gasteiger partial charge in [-0.2, -0.15) is 0 Å². The summed E-state index contributed by atoms with van der Waals surface area (Å²) < 4.78 is 9.60. The molecule has 1 aliphatic rings. The molecule has 1 saturated heterocycles. The molecule has 0 aliphatic carbocycles. The van der Waals surface area contributed by atoms with Gasteiger partial charge in [-0.25, -0.2) is 4.79 Å². The zero-order valence-electron chi connectivity index (χ0n) is 5.92. The summed E-state index contributed by atoms with van der Waals surface area (Å²) in [5, 5.41) is 0. The summed E-state index contributed by atoms with van der Waals surface area (Å²) in [7, 11) is 0. The van der Waals surface area contributed by atoms with Crippen molar-refractivity contribution < 1.29 is 15.7 Å². The van der Waals surface area contributed by atoms with Gasteiger partial charge in [0.25, 0.3) is 0 Å². The van der Waals surface area contributed by atoms with E-state index in [4.69, 9.17) is 9.47 Å². The molecule has 0 N–H and O–H groups in total. The predicted octanol–water partition coefficient (Wildman–Crippen LogP) is 1.39. The summed E-state index contributed by atoms with van der Waals surface area (Å²) >= 11 is 0. The summed E-state index contributed by atoms with van der Waals surface area (Å²) in [6.45, 7) is 6.14. The van der Waals surface area contributed by atoms with E-state index in [1.165, 1.54) is 0 Å². The van der Waals surface area contributed by atoms with Crippen LogP contribution in [0.3, 0.4) is 0 Å². The fourth-order valence-corrected chi connectivity index (χ4v) is 0.456. The van der Waals surface area contributed by atoms with Crippen LogP contribution in [0.4, 0.5) is 0 Å². The fraction of sp³-hybridized carbons (Fsp3) is 0.625. The van der Waals surface area contributed by atoms with E-state index in [9.17, 15) is 4.79 Å². The van der Waals surface area contributed by atoms with Crippen LogP contribution in [0, 0.1) is 0 Å². The normalized spacial score (nSPS) is 19.9. The quantitative estimate of drug-likeness (QED) is 0.356. The maximum atomic E-state index is 10.7. The Bertz CT molecular complexity index is 164. The topological polar surface area (TPSA) is 38.8 Å². The standard InChI is InChI=1S/C7H10O3.CH4.H2/c1-5(2)7(8)10-4-6-3-9-6;;/h6H,1,3-4H2,2H3;1H4;1H. The van der Waals surface area contributed by atoms with Crippen molar-refractivity contribution in [1.29, 1.82) is 0 Å². The van der Waals surface area contributed by atoms with Crippen LogP contribution in [0.5, 0.6) is 0 Å². The van der Waals surface area contributed by atoms with E-state index in [0.717, 1.165) is 0 Å². The molecule has 1 unspecified atom stereocenters. The van der Waals surface area contributed by atoms with Gasteiger partial charge in [-0.05, 0) is 6.92 Å². The van der Waals surface area contributed by atoms with Crippen molar-refractivity contribution in [2.45, 2.75) is 20.5 Å². The summed E-state index contributed by atoms with van der Waals surface area (Å²) in [6.07, 6.45) is 0.142. The van der Waals surface area contributed by atoms with Gasteiger partial charge in [0.2, 0.25) is 0 Å². The van der Waals surface area contributed by atoms with Gasteiger partial charge in [0, 0.05) is 7.00 Å². The maximum absolute atomic E-state index is 10.7. The van der Waals surface area contributed by atoms with Crippen LogP contribution in [0.1, 0.15) is 15.8 Å². The number of esters is 1. The molecule has 11 heavy (non-hydrogen) atoms. The zero-order valence-corrected chi connectivity index (χ0v) is 5.92. The Labute approximate surface area is 68.5 Å². The molecular formula is C8H16O3. The fourth-order valence-electron chi connectivity index (χ4n) is 0.456. The van der Waals surface area contributed by atoms with Crippen molar-refractivity contribution in [3.8, 4) is 0 Å². The highest BCUT2D eigenvalue weighted by Gasteiger charge is 2.24. The maximum Gasteiger partial charge on any atom is 0.333 e. The van der Waals surface area contributed by atoms with E-state index >= 15 is 0 Å². The lowest BCUT2D eigenvalue weighted by Crippen LogP contribution is -2.09. The number of rotatable bonds is 3. The molecule has 1 fully saturated rings. The highest BCUT2D eigenvalue weighted by molar-refractivity contribution is 5.86. The molecule has 0 aromatic heterocycles. The van der Waals surface area contributed by atoms with Gasteiger partial charge in [-0.3, -0.25) is 0 Å². The number of epoxide rings is 1. The SMILES string of the molecule is C.C=C(C)C(=O)OCC1CO1.[HH]. The number of carbonyl (C=O) groups excluding carboxylic acids is 1. The second kappa shape index (κ2) is 4.13. The third-order valence-electron chi connectivity index (χ3n) is 1.15. The minimum atomic E-state index is -0.337. The van der Waals surface area contributed by atoms with Crippen LogP contribution in [0.15, 0.2) is 12.2 Å². The first-order valence-electron chi connectivity index (χ1n) is 3.14. The number of hydrogen-bond donors (Lipinski definition) is 0. The summed E-state index contributed by atoms with van der Waals surface area (Å²) in [6, 6.07) is 0. The first-order chi connectivity index (χ1) is 4.70. The van der Waals surface area contributed by atoms with Crippen LogP contribution in [0.25, 0.3) is 0 Å². The molecule has 3 heteroatoms. The van der Waals surface area contributed by atoms with E-state index in [0.29, 0.717) is 18.8 Å². The molecule has 66 valence electrons. The molecule has 0 saturated carbocycles. The van der Waals surface area contributed by atoms with Crippen LogP contribution in [-0.2, 0) is 14.3 Å². The van der Waals surface area contributed by atoms with Crippen molar-refractivity contribution in [3.05, 3.63) is 12.2 Å². The first-order valence-corrected chi connectivity index (χ1v) is 3.14. The molecule has 3 nitrogen and oxygen atoms in total. The van der Waals surface area contributed by atoms with E-state index in [2.05, 4.69) is 6.58 Å². The van der Waals surface area contributed by atoms with E-state index in [-0.39, 0.29) is 20.9 Å². The molecule has 0 radical (unpaired) electrons. The van der Waals surface area contributed by atoms with Crippen LogP contribution < -0.4 is 0 Å². The Balaban J connectivity index is 0. The van der Waals surface area contributed by atoms with E-state index in [1.807, 2.05) is 0 Å². The van der Waals surface area contributed by atoms with Crippen molar-refractivity contribution in [1.82, 2.24) is 0 Å². The lowest BCUT2D eigenvalue weighted by atomic mass is 10.4. The molecule has 0 spiro atoms. The Morgan fingerprint density at radius 3 is 2.82 bits per heavy atom. The van der Waals surface area contributed by atoms with Gasteiger partial charge >= 0.3 is 5.97 Å². The molecule has 0 aromatic rings. The summed E-state index contributed by atoms with van der Waals surface area (Å²) in [4.78, 5) is 10.7. The number of carbonyl (C=O) groups is 1. The lowest BCUT2D eigenvalue weighted by molar-refractivity contribution is -0.139. The number of hydrogen-bond acceptors (Lipinski definition) is 3. The lowest BCUT2D eigenvalue weighted by Gasteiger charge is -1.99. The van der Waals surface area contributed by atoms with E-state index in [1.54, 1.807) is 6.92 Å². The monoisotopic (exact) mass is 160 g/mol. The largest absolute Gasteiger partial charge is 0.459 e. The molecule has 1 rings (SSSR count). The highest BCUT2D eigenvalue weighted by atomic mass is 16.6. The van der Waals surface area contributed by atoms with Gasteiger partial charge < -0.3 is 9.47 Å². The summed E-state index contributed by atoms with van der Waals surface area (Å²) in [5.74, 6) is -0.337. The second-order valence-electron chi connectivity index (χ2n) is 2.33. The molecule has 1 aliphatic heterocycles. The van der Waals surface area contributed by atoms with Gasteiger partial charge in [-0.1, -0.05) is 14.0 Å². The molecule has 0 bridgehead atoms. The Morgan fingerprint density at radius 2 is 2.45 bits per heavy atom. The van der Waals surface area contributed by atoms with Crippen LogP contribution in [-0.4, -0.2) is 25.3 Å². The van der Waals surface area contributed by atoms with Crippen LogP contribution >= 0.6 is 0 Å². The van der Waals surface area contributed by atoms with Gasteiger partial charge in [0.15, 0.2) is 0 Å². The average Bonchev–Trinajstić information content (AvgIpc) is 2.64. The Kier molecular flexibility index (Phi) is 3.82. The predicted molar refractivity (Wildman–Crippen MR) is 44.4 cm³/mol. The minimum absolute atomic E-state index is 0. The van der Waals surface area contributed by atoms with Gasteiger partial charge in [0.05, 0.1) is 6.61 Å². The number of ether oxygens (including phenoxy) is 2. The van der Waals surface area contributed by atoms with Gasteiger partial charge in [0.1, 0.15) is 12.7 Å². The first kappa shape index (κ1) is 10.2. The molecule has 1 heterocycles. The second-order valence-corrected chi connectivity index (χ2v) is 2.33. The average molecular weight is 160 g/mol. The molecular weight excluding hydrogens is 144 g/mol. The van der Waals surface area contributed by atoms with Crippen LogP contribution in [0.2, 0.25) is 0 Å². The minimum Gasteiger partial charge on any atom is -0.459 e. The zero-order chi connectivity index (χ0) is 7.56. The molecule has 0 amide bonds.